The Labute approximate surface area is 191 Å². The lowest BCUT2D eigenvalue weighted by molar-refractivity contribution is -0.151. The van der Waals surface area contributed by atoms with E-state index in [1.54, 1.807) is 49.4 Å². The number of alkyl halides is 3. The minimum absolute atomic E-state index is 0.0346. The van der Waals surface area contributed by atoms with Gasteiger partial charge < -0.3 is 13.9 Å². The summed E-state index contributed by atoms with van der Waals surface area (Å²) in [5, 5.41) is 0.358. The van der Waals surface area contributed by atoms with E-state index in [1.807, 2.05) is 0 Å². The number of ether oxygens (including phenoxy) is 2. The maximum Gasteiger partial charge on any atom is 0.416 e. The molecule has 3 aromatic carbocycles. The summed E-state index contributed by atoms with van der Waals surface area (Å²) >= 11 is 6.06. The number of fused-ring (bicyclic) bond motifs is 1. The highest BCUT2D eigenvalue weighted by atomic mass is 35.5. The molecule has 4 aromatic rings. The normalized spacial score (nSPS) is 12.5. The van der Waals surface area contributed by atoms with Gasteiger partial charge in [0.25, 0.3) is 0 Å². The van der Waals surface area contributed by atoms with Gasteiger partial charge in [-0.05, 0) is 49.4 Å². The molecule has 1 atom stereocenters. The standard InChI is InChI=1S/C24H17ClF3NO4/c1-2-31-23(30)21(14-6-5-7-16(25)12-14)32-19-11-10-15(24(26,27)28)13-17(19)22-29-18-8-3-4-9-20(18)33-22/h3-13,21H,2H2,1H3. The number of esters is 1. The summed E-state index contributed by atoms with van der Waals surface area (Å²) in [6, 6.07) is 16.0. The van der Waals surface area contributed by atoms with Crippen LogP contribution in [0.3, 0.4) is 0 Å². The van der Waals surface area contributed by atoms with Crippen molar-refractivity contribution in [2.75, 3.05) is 6.61 Å². The van der Waals surface area contributed by atoms with Crippen molar-refractivity contribution in [2.45, 2.75) is 19.2 Å². The van der Waals surface area contributed by atoms with Gasteiger partial charge in [0.2, 0.25) is 12.0 Å². The maximum atomic E-state index is 13.4. The Kier molecular flexibility index (Phi) is 6.29. The van der Waals surface area contributed by atoms with Crippen molar-refractivity contribution in [1.29, 1.82) is 0 Å². The first kappa shape index (κ1) is 22.7. The second-order valence-corrected chi connectivity index (χ2v) is 7.44. The summed E-state index contributed by atoms with van der Waals surface area (Å²) in [5.41, 5.74) is 0.268. The summed E-state index contributed by atoms with van der Waals surface area (Å²) < 4.78 is 57.0. The molecule has 0 fully saturated rings. The zero-order valence-electron chi connectivity index (χ0n) is 17.2. The summed E-state index contributed by atoms with van der Waals surface area (Å²) in [4.78, 5) is 17.0. The number of hydrogen-bond donors (Lipinski definition) is 0. The smallest absolute Gasteiger partial charge is 0.416 e. The number of aromatic nitrogens is 1. The van der Waals surface area contributed by atoms with Crippen molar-refractivity contribution >= 4 is 28.7 Å². The van der Waals surface area contributed by atoms with E-state index >= 15 is 0 Å². The molecule has 0 bridgehead atoms. The number of benzene rings is 3. The van der Waals surface area contributed by atoms with Gasteiger partial charge in [-0.2, -0.15) is 13.2 Å². The summed E-state index contributed by atoms with van der Waals surface area (Å²) in [5.74, 6) is -0.832. The highest BCUT2D eigenvalue weighted by Gasteiger charge is 2.33. The molecule has 0 amide bonds. The van der Waals surface area contributed by atoms with Crippen LogP contribution >= 0.6 is 11.6 Å². The number of carbonyl (C=O) groups is 1. The van der Waals surface area contributed by atoms with Gasteiger partial charge in [-0.25, -0.2) is 9.78 Å². The van der Waals surface area contributed by atoms with Crippen molar-refractivity contribution in [3.05, 3.63) is 82.9 Å². The minimum Gasteiger partial charge on any atom is -0.473 e. The average Bonchev–Trinajstić information content (AvgIpc) is 3.21. The first-order valence-electron chi connectivity index (χ1n) is 9.92. The molecule has 170 valence electrons. The summed E-state index contributed by atoms with van der Waals surface area (Å²) in [6.07, 6.45) is -5.88. The molecule has 0 saturated carbocycles. The highest BCUT2D eigenvalue weighted by molar-refractivity contribution is 6.30. The van der Waals surface area contributed by atoms with Gasteiger partial charge in [0, 0.05) is 10.6 Å². The molecular weight excluding hydrogens is 459 g/mol. The lowest BCUT2D eigenvalue weighted by Gasteiger charge is -2.20. The van der Waals surface area contributed by atoms with Crippen LogP contribution < -0.4 is 4.74 Å². The molecule has 33 heavy (non-hydrogen) atoms. The van der Waals surface area contributed by atoms with Gasteiger partial charge >= 0.3 is 12.1 Å². The predicted molar refractivity (Wildman–Crippen MR) is 116 cm³/mol. The number of hydrogen-bond acceptors (Lipinski definition) is 5. The first-order chi connectivity index (χ1) is 15.8. The molecule has 5 nitrogen and oxygen atoms in total. The molecule has 9 heteroatoms. The fraction of sp³-hybridized carbons (Fsp3) is 0.167. The van der Waals surface area contributed by atoms with Crippen molar-refractivity contribution in [1.82, 2.24) is 4.98 Å². The van der Waals surface area contributed by atoms with Gasteiger partial charge in [-0.15, -0.1) is 0 Å². The van der Waals surface area contributed by atoms with Crippen LogP contribution in [0.4, 0.5) is 13.2 Å². The third kappa shape index (κ3) is 4.96. The van der Waals surface area contributed by atoms with Crippen LogP contribution in [0, 0.1) is 0 Å². The predicted octanol–water partition coefficient (Wildman–Crippen LogP) is 6.85. The SMILES string of the molecule is CCOC(=O)C(Oc1ccc(C(F)(F)F)cc1-c1nc2ccccc2o1)c1cccc(Cl)c1. The van der Waals surface area contributed by atoms with Crippen molar-refractivity contribution < 1.29 is 31.9 Å². The molecule has 1 aromatic heterocycles. The first-order valence-corrected chi connectivity index (χ1v) is 10.3. The highest BCUT2D eigenvalue weighted by Crippen LogP contribution is 2.39. The van der Waals surface area contributed by atoms with E-state index in [9.17, 15) is 18.0 Å². The Balaban J connectivity index is 1.83. The summed E-state index contributed by atoms with van der Waals surface area (Å²) in [7, 11) is 0. The molecule has 4 rings (SSSR count). The summed E-state index contributed by atoms with van der Waals surface area (Å²) in [6.45, 7) is 1.72. The van der Waals surface area contributed by atoms with Crippen molar-refractivity contribution in [3.8, 4) is 17.2 Å². The van der Waals surface area contributed by atoms with Gasteiger partial charge in [0.1, 0.15) is 11.3 Å². The number of carbonyl (C=O) groups excluding carboxylic acids is 1. The molecule has 0 radical (unpaired) electrons. The fourth-order valence-electron chi connectivity index (χ4n) is 3.23. The zero-order valence-corrected chi connectivity index (χ0v) is 18.0. The van der Waals surface area contributed by atoms with Crippen molar-refractivity contribution in [2.24, 2.45) is 0 Å². The van der Waals surface area contributed by atoms with Crippen LogP contribution in [0.1, 0.15) is 24.2 Å². The fourth-order valence-corrected chi connectivity index (χ4v) is 3.43. The number of rotatable bonds is 6. The van der Waals surface area contributed by atoms with Crippen LogP contribution in [0.25, 0.3) is 22.6 Å². The minimum atomic E-state index is -4.60. The van der Waals surface area contributed by atoms with Gasteiger partial charge in [-0.1, -0.05) is 35.9 Å². The Morgan fingerprint density at radius 3 is 2.58 bits per heavy atom. The number of nitrogens with zero attached hydrogens (tertiary/aromatic N) is 1. The molecule has 0 saturated heterocycles. The second-order valence-electron chi connectivity index (χ2n) is 7.00. The van der Waals surface area contributed by atoms with Gasteiger partial charge in [0.15, 0.2) is 5.58 Å². The lowest BCUT2D eigenvalue weighted by atomic mass is 10.1. The van der Waals surface area contributed by atoms with E-state index in [1.165, 1.54) is 6.07 Å². The van der Waals surface area contributed by atoms with Gasteiger partial charge in [-0.3, -0.25) is 0 Å². The molecule has 1 unspecified atom stereocenters. The van der Waals surface area contributed by atoms with Crippen LogP contribution in [0.5, 0.6) is 5.75 Å². The Morgan fingerprint density at radius 2 is 1.88 bits per heavy atom. The molecule has 0 N–H and O–H groups in total. The van der Waals surface area contributed by atoms with Gasteiger partial charge in [0.05, 0.1) is 17.7 Å². The Morgan fingerprint density at radius 1 is 1.09 bits per heavy atom. The molecule has 0 aliphatic heterocycles. The zero-order chi connectivity index (χ0) is 23.6. The van der Waals surface area contributed by atoms with Crippen LogP contribution in [0.2, 0.25) is 5.02 Å². The largest absolute Gasteiger partial charge is 0.473 e. The second kappa shape index (κ2) is 9.15. The maximum absolute atomic E-state index is 13.4. The monoisotopic (exact) mass is 475 g/mol. The van der Waals surface area contributed by atoms with E-state index < -0.39 is 23.8 Å². The van der Waals surface area contributed by atoms with E-state index in [4.69, 9.17) is 25.5 Å². The van der Waals surface area contributed by atoms with Crippen LogP contribution in [-0.4, -0.2) is 17.6 Å². The molecule has 0 aliphatic rings. The Bertz CT molecular complexity index is 1270. The van der Waals surface area contributed by atoms with Crippen molar-refractivity contribution in [3.63, 3.8) is 0 Å². The van der Waals surface area contributed by atoms with E-state index in [-0.39, 0.29) is 23.8 Å². The number of halogens is 4. The van der Waals surface area contributed by atoms with E-state index in [0.29, 0.717) is 21.7 Å². The quantitative estimate of drug-likeness (QED) is 0.285. The Hall–Kier alpha value is -3.52. The van der Waals surface area contributed by atoms with E-state index in [0.717, 1.165) is 18.2 Å². The topological polar surface area (TPSA) is 61.6 Å². The molecule has 1 heterocycles. The molecular formula is C24H17ClF3NO4. The van der Waals surface area contributed by atoms with Crippen LogP contribution in [0.15, 0.2) is 71.1 Å². The lowest BCUT2D eigenvalue weighted by Crippen LogP contribution is -2.22. The third-order valence-electron chi connectivity index (χ3n) is 4.73. The number of para-hydroxylation sites is 2. The molecule has 0 aliphatic carbocycles. The third-order valence-corrected chi connectivity index (χ3v) is 4.96. The average molecular weight is 476 g/mol. The van der Waals surface area contributed by atoms with E-state index in [2.05, 4.69) is 4.98 Å². The number of oxazole rings is 1. The molecule has 0 spiro atoms. The van der Waals surface area contributed by atoms with Crippen LogP contribution in [-0.2, 0) is 15.7 Å².